The Kier molecular flexibility index (Phi) is 3.06. The highest BCUT2D eigenvalue weighted by atomic mass is 19.1. The van der Waals surface area contributed by atoms with Crippen molar-refractivity contribution in [2.75, 3.05) is 7.11 Å². The van der Waals surface area contributed by atoms with Crippen molar-refractivity contribution < 1.29 is 9.13 Å². The normalized spacial score (nSPS) is 10.8. The quantitative estimate of drug-likeness (QED) is 0.710. The lowest BCUT2D eigenvalue weighted by Crippen LogP contribution is -1.92. The van der Waals surface area contributed by atoms with Crippen molar-refractivity contribution in [2.24, 2.45) is 0 Å². The number of ether oxygens (including phenoxy) is 1. The molecule has 0 radical (unpaired) electrons. The summed E-state index contributed by atoms with van der Waals surface area (Å²) in [4.78, 5) is 8.70. The highest BCUT2D eigenvalue weighted by Crippen LogP contribution is 2.26. The first-order valence-corrected chi connectivity index (χ1v) is 6.25. The standard InChI is InChI=1S/C16H13FN2O/c1-10-7-16(15-8-11(17)5-6-18-15)19-14-4-3-12(20-2)9-13(10)14/h3-9H,1-2H3. The van der Waals surface area contributed by atoms with Crippen LogP contribution in [0.1, 0.15) is 5.56 Å². The minimum atomic E-state index is -0.315. The van der Waals surface area contributed by atoms with E-state index in [1.807, 2.05) is 31.2 Å². The summed E-state index contributed by atoms with van der Waals surface area (Å²) in [5, 5.41) is 1.02. The number of hydrogen-bond acceptors (Lipinski definition) is 3. The number of nitrogens with zero attached hydrogens (tertiary/aromatic N) is 2. The van der Waals surface area contributed by atoms with Crippen LogP contribution in [-0.4, -0.2) is 17.1 Å². The number of aromatic nitrogens is 2. The molecule has 0 saturated carbocycles. The van der Waals surface area contributed by atoms with E-state index in [0.717, 1.165) is 22.2 Å². The molecule has 3 rings (SSSR count). The zero-order valence-electron chi connectivity index (χ0n) is 11.2. The molecule has 2 heterocycles. The van der Waals surface area contributed by atoms with E-state index in [-0.39, 0.29) is 5.82 Å². The SMILES string of the molecule is COc1ccc2nc(-c3cc(F)ccn3)cc(C)c2c1. The van der Waals surface area contributed by atoms with Gasteiger partial charge >= 0.3 is 0 Å². The summed E-state index contributed by atoms with van der Waals surface area (Å²) in [7, 11) is 1.63. The highest BCUT2D eigenvalue weighted by molar-refractivity contribution is 5.85. The molecule has 3 nitrogen and oxygen atoms in total. The molecular weight excluding hydrogens is 255 g/mol. The van der Waals surface area contributed by atoms with Gasteiger partial charge in [0.25, 0.3) is 0 Å². The van der Waals surface area contributed by atoms with E-state index in [0.29, 0.717) is 11.4 Å². The minimum absolute atomic E-state index is 0.315. The van der Waals surface area contributed by atoms with Crippen LogP contribution >= 0.6 is 0 Å². The fraction of sp³-hybridized carbons (Fsp3) is 0.125. The van der Waals surface area contributed by atoms with Crippen molar-refractivity contribution in [3.63, 3.8) is 0 Å². The third kappa shape index (κ3) is 2.20. The molecular formula is C16H13FN2O. The van der Waals surface area contributed by atoms with Crippen LogP contribution in [-0.2, 0) is 0 Å². The van der Waals surface area contributed by atoms with Gasteiger partial charge in [0, 0.05) is 17.6 Å². The van der Waals surface area contributed by atoms with Gasteiger partial charge in [-0.05, 0) is 42.8 Å². The van der Waals surface area contributed by atoms with Gasteiger partial charge in [0.15, 0.2) is 0 Å². The van der Waals surface area contributed by atoms with Gasteiger partial charge in [-0.2, -0.15) is 0 Å². The van der Waals surface area contributed by atoms with Crippen LogP contribution in [0.4, 0.5) is 4.39 Å². The van der Waals surface area contributed by atoms with Gasteiger partial charge in [0.05, 0.1) is 24.0 Å². The number of halogens is 1. The van der Waals surface area contributed by atoms with Crippen LogP contribution < -0.4 is 4.74 Å². The average Bonchev–Trinajstić information content (AvgIpc) is 2.47. The number of fused-ring (bicyclic) bond motifs is 1. The molecule has 0 N–H and O–H groups in total. The van der Waals surface area contributed by atoms with Crippen LogP contribution in [0.25, 0.3) is 22.3 Å². The van der Waals surface area contributed by atoms with Crippen molar-refractivity contribution in [2.45, 2.75) is 6.92 Å². The first-order valence-electron chi connectivity index (χ1n) is 6.25. The Morgan fingerprint density at radius 2 is 1.90 bits per heavy atom. The third-order valence-corrected chi connectivity index (χ3v) is 3.21. The fourth-order valence-electron chi connectivity index (χ4n) is 2.18. The molecule has 0 aliphatic rings. The molecule has 0 atom stereocenters. The Bertz CT molecular complexity index is 787. The summed E-state index contributed by atoms with van der Waals surface area (Å²) in [6, 6.07) is 10.3. The molecule has 0 aliphatic heterocycles. The molecule has 0 spiro atoms. The molecule has 3 aromatic rings. The van der Waals surface area contributed by atoms with E-state index >= 15 is 0 Å². The van der Waals surface area contributed by atoms with Gasteiger partial charge in [0.2, 0.25) is 0 Å². The molecule has 1 aromatic carbocycles. The summed E-state index contributed by atoms with van der Waals surface area (Å²) in [6.45, 7) is 1.99. The predicted molar refractivity (Wildman–Crippen MR) is 76.2 cm³/mol. The van der Waals surface area contributed by atoms with E-state index in [1.165, 1.54) is 18.3 Å². The second-order valence-electron chi connectivity index (χ2n) is 4.57. The zero-order chi connectivity index (χ0) is 14.1. The number of hydrogen-bond donors (Lipinski definition) is 0. The van der Waals surface area contributed by atoms with Crippen molar-refractivity contribution >= 4 is 10.9 Å². The molecule has 0 amide bonds. The van der Waals surface area contributed by atoms with E-state index in [2.05, 4.69) is 9.97 Å². The van der Waals surface area contributed by atoms with Crippen molar-refractivity contribution in [3.05, 3.63) is 54.0 Å². The average molecular weight is 268 g/mol. The number of methoxy groups -OCH3 is 1. The maximum atomic E-state index is 13.3. The van der Waals surface area contributed by atoms with Crippen LogP contribution in [0.3, 0.4) is 0 Å². The maximum Gasteiger partial charge on any atom is 0.126 e. The van der Waals surface area contributed by atoms with Crippen LogP contribution in [0.2, 0.25) is 0 Å². The Morgan fingerprint density at radius 3 is 2.65 bits per heavy atom. The molecule has 0 aliphatic carbocycles. The molecule has 0 unspecified atom stereocenters. The third-order valence-electron chi connectivity index (χ3n) is 3.21. The molecule has 0 bridgehead atoms. The molecule has 4 heteroatoms. The second-order valence-corrected chi connectivity index (χ2v) is 4.57. The summed E-state index contributed by atoms with van der Waals surface area (Å²) in [6.07, 6.45) is 1.44. The minimum Gasteiger partial charge on any atom is -0.497 e. The summed E-state index contributed by atoms with van der Waals surface area (Å²) >= 11 is 0. The van der Waals surface area contributed by atoms with Gasteiger partial charge in [-0.15, -0.1) is 0 Å². The van der Waals surface area contributed by atoms with E-state index in [9.17, 15) is 4.39 Å². The number of benzene rings is 1. The van der Waals surface area contributed by atoms with Crippen molar-refractivity contribution in [3.8, 4) is 17.1 Å². The first kappa shape index (κ1) is 12.5. The van der Waals surface area contributed by atoms with Gasteiger partial charge < -0.3 is 4.74 Å². The topological polar surface area (TPSA) is 35.0 Å². The number of aryl methyl sites for hydroxylation is 1. The van der Waals surface area contributed by atoms with Gasteiger partial charge in [-0.1, -0.05) is 0 Å². The second kappa shape index (κ2) is 4.89. The lowest BCUT2D eigenvalue weighted by Gasteiger charge is -2.08. The maximum absolute atomic E-state index is 13.3. The van der Waals surface area contributed by atoms with Crippen LogP contribution in [0, 0.1) is 12.7 Å². The predicted octanol–water partition coefficient (Wildman–Crippen LogP) is 3.75. The molecule has 0 saturated heterocycles. The largest absolute Gasteiger partial charge is 0.497 e. The molecule has 20 heavy (non-hydrogen) atoms. The van der Waals surface area contributed by atoms with E-state index in [1.54, 1.807) is 7.11 Å². The van der Waals surface area contributed by atoms with Crippen LogP contribution in [0.15, 0.2) is 42.6 Å². The van der Waals surface area contributed by atoms with Gasteiger partial charge in [0.1, 0.15) is 11.6 Å². The Hall–Kier alpha value is -2.49. The Labute approximate surface area is 116 Å². The van der Waals surface area contributed by atoms with Gasteiger partial charge in [-0.3, -0.25) is 4.98 Å². The smallest absolute Gasteiger partial charge is 0.126 e. The first-order chi connectivity index (χ1) is 9.67. The lowest BCUT2D eigenvalue weighted by atomic mass is 10.1. The molecule has 0 fully saturated rings. The summed E-state index contributed by atoms with van der Waals surface area (Å²) in [5.74, 6) is 0.475. The van der Waals surface area contributed by atoms with Crippen molar-refractivity contribution in [1.29, 1.82) is 0 Å². The van der Waals surface area contributed by atoms with E-state index in [4.69, 9.17) is 4.74 Å². The highest BCUT2D eigenvalue weighted by Gasteiger charge is 2.08. The fourth-order valence-corrected chi connectivity index (χ4v) is 2.18. The number of rotatable bonds is 2. The lowest BCUT2D eigenvalue weighted by molar-refractivity contribution is 0.415. The van der Waals surface area contributed by atoms with Gasteiger partial charge in [-0.25, -0.2) is 9.37 Å². The monoisotopic (exact) mass is 268 g/mol. The summed E-state index contributed by atoms with van der Waals surface area (Å²) < 4.78 is 18.5. The number of pyridine rings is 2. The Balaban J connectivity index is 2.19. The van der Waals surface area contributed by atoms with Crippen molar-refractivity contribution in [1.82, 2.24) is 9.97 Å². The van der Waals surface area contributed by atoms with Crippen LogP contribution in [0.5, 0.6) is 5.75 Å². The molecule has 100 valence electrons. The van der Waals surface area contributed by atoms with E-state index < -0.39 is 0 Å². The molecule has 2 aromatic heterocycles. The summed E-state index contributed by atoms with van der Waals surface area (Å²) in [5.41, 5.74) is 3.09. The Morgan fingerprint density at radius 1 is 1.05 bits per heavy atom. The zero-order valence-corrected chi connectivity index (χ0v) is 11.2.